The van der Waals surface area contributed by atoms with Gasteiger partial charge in [-0.05, 0) is 32.8 Å². The number of carbonyl (C=O) groups excluding carboxylic acids is 1. The van der Waals surface area contributed by atoms with Gasteiger partial charge in [0, 0.05) is 5.54 Å². The quantitative estimate of drug-likeness (QED) is 0.863. The van der Waals surface area contributed by atoms with E-state index in [9.17, 15) is 4.79 Å². The zero-order chi connectivity index (χ0) is 12.9. The predicted molar refractivity (Wildman–Crippen MR) is 67.3 cm³/mol. The highest BCUT2D eigenvalue weighted by atomic mass is 16.1. The highest BCUT2D eigenvalue weighted by Crippen LogP contribution is 2.14. The van der Waals surface area contributed by atoms with Crippen LogP contribution >= 0.6 is 0 Å². The Morgan fingerprint density at radius 1 is 1.47 bits per heavy atom. The molecule has 1 N–H and O–H groups in total. The van der Waals surface area contributed by atoms with Gasteiger partial charge in [-0.1, -0.05) is 29.8 Å². The van der Waals surface area contributed by atoms with Gasteiger partial charge in [0.2, 0.25) is 5.91 Å². The number of benzene rings is 1. The number of nitrogens with one attached hydrogen (secondary N) is 1. The van der Waals surface area contributed by atoms with Crippen LogP contribution in [0.15, 0.2) is 24.3 Å². The van der Waals surface area contributed by atoms with Crippen molar-refractivity contribution in [2.24, 2.45) is 0 Å². The fraction of sp³-hybridized carbons (Fsp3) is 0.429. The summed E-state index contributed by atoms with van der Waals surface area (Å²) >= 11 is 0. The zero-order valence-electron chi connectivity index (χ0n) is 10.6. The minimum Gasteiger partial charge on any atom is -0.350 e. The Hall–Kier alpha value is -1.82. The van der Waals surface area contributed by atoms with Crippen molar-refractivity contribution >= 4 is 5.91 Å². The molecule has 0 spiro atoms. The van der Waals surface area contributed by atoms with Crippen molar-refractivity contribution in [2.75, 3.05) is 0 Å². The molecule has 0 aliphatic heterocycles. The lowest BCUT2D eigenvalue weighted by atomic mass is 9.94. The van der Waals surface area contributed by atoms with E-state index in [1.807, 2.05) is 45.0 Å². The van der Waals surface area contributed by atoms with Crippen LogP contribution in [0.4, 0.5) is 0 Å². The van der Waals surface area contributed by atoms with Gasteiger partial charge < -0.3 is 5.32 Å². The molecule has 0 saturated carbocycles. The molecule has 90 valence electrons. The Morgan fingerprint density at radius 2 is 2.18 bits per heavy atom. The number of hydrogen-bond acceptors (Lipinski definition) is 2. The molecular formula is C14H18N2O. The van der Waals surface area contributed by atoms with E-state index in [0.29, 0.717) is 0 Å². The second-order valence-corrected chi connectivity index (χ2v) is 4.93. The largest absolute Gasteiger partial charge is 0.350 e. The van der Waals surface area contributed by atoms with Gasteiger partial charge in [-0.25, -0.2) is 0 Å². The van der Waals surface area contributed by atoms with E-state index in [4.69, 9.17) is 5.26 Å². The van der Waals surface area contributed by atoms with Crippen LogP contribution in [-0.4, -0.2) is 11.4 Å². The summed E-state index contributed by atoms with van der Waals surface area (Å²) in [7, 11) is 0. The summed E-state index contributed by atoms with van der Waals surface area (Å²) in [4.78, 5) is 11.4. The first kappa shape index (κ1) is 13.2. The van der Waals surface area contributed by atoms with Crippen molar-refractivity contribution < 1.29 is 4.79 Å². The van der Waals surface area contributed by atoms with Crippen molar-refractivity contribution in [3.8, 4) is 6.07 Å². The first-order valence-corrected chi connectivity index (χ1v) is 5.66. The van der Waals surface area contributed by atoms with E-state index >= 15 is 0 Å². The van der Waals surface area contributed by atoms with Gasteiger partial charge in [-0.2, -0.15) is 5.26 Å². The van der Waals surface area contributed by atoms with Gasteiger partial charge in [-0.3, -0.25) is 4.79 Å². The first-order valence-electron chi connectivity index (χ1n) is 5.66. The Kier molecular flexibility index (Phi) is 4.28. The van der Waals surface area contributed by atoms with Crippen LogP contribution in [0.1, 0.15) is 31.4 Å². The third kappa shape index (κ3) is 4.69. The topological polar surface area (TPSA) is 52.9 Å². The second-order valence-electron chi connectivity index (χ2n) is 4.93. The van der Waals surface area contributed by atoms with Crippen molar-refractivity contribution in [3.63, 3.8) is 0 Å². The molecule has 1 rings (SSSR count). The highest BCUT2D eigenvalue weighted by Gasteiger charge is 2.20. The molecule has 0 radical (unpaired) electrons. The average Bonchev–Trinajstić information content (AvgIpc) is 2.15. The summed E-state index contributed by atoms with van der Waals surface area (Å²) in [5.74, 6) is -0.217. The fourth-order valence-corrected chi connectivity index (χ4v) is 1.87. The van der Waals surface area contributed by atoms with Crippen LogP contribution in [0, 0.1) is 18.3 Å². The fourth-order valence-electron chi connectivity index (χ4n) is 1.87. The number of nitrogens with zero attached hydrogens (tertiary/aromatic N) is 1. The molecule has 1 aromatic carbocycles. The molecule has 0 unspecified atom stereocenters. The number of rotatable bonds is 4. The minimum atomic E-state index is -0.332. The number of carbonyl (C=O) groups is 1. The number of hydrogen-bond donors (Lipinski definition) is 1. The molecule has 0 heterocycles. The Bertz CT molecular complexity index is 444. The van der Waals surface area contributed by atoms with Gasteiger partial charge in [0.1, 0.15) is 6.42 Å². The first-order chi connectivity index (χ1) is 7.93. The lowest BCUT2D eigenvalue weighted by molar-refractivity contribution is -0.121. The van der Waals surface area contributed by atoms with E-state index in [1.165, 1.54) is 11.1 Å². The maximum absolute atomic E-state index is 11.4. The summed E-state index contributed by atoms with van der Waals surface area (Å²) in [5.41, 5.74) is 2.07. The summed E-state index contributed by atoms with van der Waals surface area (Å²) < 4.78 is 0. The molecule has 0 aliphatic rings. The highest BCUT2D eigenvalue weighted by molar-refractivity contribution is 5.78. The van der Waals surface area contributed by atoms with Crippen LogP contribution in [0.2, 0.25) is 0 Å². The molecule has 3 nitrogen and oxygen atoms in total. The Morgan fingerprint density at radius 3 is 2.76 bits per heavy atom. The molecule has 0 fully saturated rings. The lowest BCUT2D eigenvalue weighted by Gasteiger charge is -2.26. The third-order valence-corrected chi connectivity index (χ3v) is 2.45. The predicted octanol–water partition coefficient (Wildman–Crippen LogP) is 2.35. The van der Waals surface area contributed by atoms with Crippen molar-refractivity contribution in [3.05, 3.63) is 35.4 Å². The smallest absolute Gasteiger partial charge is 0.234 e. The lowest BCUT2D eigenvalue weighted by Crippen LogP contribution is -2.44. The Labute approximate surface area is 102 Å². The molecule has 0 aliphatic carbocycles. The summed E-state index contributed by atoms with van der Waals surface area (Å²) in [6.45, 7) is 5.97. The molecular weight excluding hydrogens is 212 g/mol. The molecule has 0 saturated heterocycles. The molecule has 0 aromatic heterocycles. The number of amides is 1. The third-order valence-electron chi connectivity index (χ3n) is 2.45. The summed E-state index contributed by atoms with van der Waals surface area (Å²) in [6.07, 6.45) is 0.670. The van der Waals surface area contributed by atoms with Crippen LogP contribution < -0.4 is 5.32 Å². The molecule has 1 amide bonds. The van der Waals surface area contributed by atoms with Gasteiger partial charge in [0.05, 0.1) is 6.07 Å². The number of nitriles is 1. The van der Waals surface area contributed by atoms with Crippen LogP contribution in [0.3, 0.4) is 0 Å². The Balaban J connectivity index is 2.66. The normalized spacial score (nSPS) is 10.7. The van der Waals surface area contributed by atoms with E-state index < -0.39 is 0 Å². The standard InChI is InChI=1S/C14H18N2O/c1-11-5-4-6-12(9-11)10-14(2,3)16-13(17)7-8-15/h4-6,9H,7,10H2,1-3H3,(H,16,17). The van der Waals surface area contributed by atoms with Crippen LogP contribution in [-0.2, 0) is 11.2 Å². The maximum Gasteiger partial charge on any atom is 0.234 e. The second kappa shape index (κ2) is 5.49. The van der Waals surface area contributed by atoms with Crippen LogP contribution in [0.25, 0.3) is 0 Å². The van der Waals surface area contributed by atoms with Gasteiger partial charge in [-0.15, -0.1) is 0 Å². The van der Waals surface area contributed by atoms with E-state index in [-0.39, 0.29) is 17.9 Å². The van der Waals surface area contributed by atoms with Gasteiger partial charge >= 0.3 is 0 Å². The summed E-state index contributed by atoms with van der Waals surface area (Å²) in [6, 6.07) is 10.1. The van der Waals surface area contributed by atoms with E-state index in [1.54, 1.807) is 0 Å². The van der Waals surface area contributed by atoms with E-state index in [0.717, 1.165) is 6.42 Å². The molecule has 0 atom stereocenters. The zero-order valence-corrected chi connectivity index (χ0v) is 10.6. The van der Waals surface area contributed by atoms with Crippen molar-refractivity contribution in [1.29, 1.82) is 5.26 Å². The molecule has 0 bridgehead atoms. The molecule has 1 aromatic rings. The number of aryl methyl sites for hydroxylation is 1. The molecule has 3 heteroatoms. The van der Waals surface area contributed by atoms with Gasteiger partial charge in [0.25, 0.3) is 0 Å². The average molecular weight is 230 g/mol. The van der Waals surface area contributed by atoms with Crippen molar-refractivity contribution in [2.45, 2.75) is 39.2 Å². The monoisotopic (exact) mass is 230 g/mol. The maximum atomic E-state index is 11.4. The van der Waals surface area contributed by atoms with Crippen LogP contribution in [0.5, 0.6) is 0 Å². The van der Waals surface area contributed by atoms with Crippen molar-refractivity contribution in [1.82, 2.24) is 5.32 Å². The van der Waals surface area contributed by atoms with E-state index in [2.05, 4.69) is 11.4 Å². The molecule has 17 heavy (non-hydrogen) atoms. The summed E-state index contributed by atoms with van der Waals surface area (Å²) in [5, 5.41) is 11.3. The minimum absolute atomic E-state index is 0.0861. The SMILES string of the molecule is Cc1cccc(CC(C)(C)NC(=O)CC#N)c1. The van der Waals surface area contributed by atoms with Gasteiger partial charge in [0.15, 0.2) is 0 Å².